The van der Waals surface area contributed by atoms with E-state index in [2.05, 4.69) is 10.6 Å². The molecule has 1 heterocycles. The van der Waals surface area contributed by atoms with Gasteiger partial charge in [-0.1, -0.05) is 49.4 Å². The summed E-state index contributed by atoms with van der Waals surface area (Å²) in [5.74, 6) is -1.04. The lowest BCUT2D eigenvalue weighted by Crippen LogP contribution is -2.64. The molecule has 1 saturated heterocycles. The van der Waals surface area contributed by atoms with Gasteiger partial charge in [0.05, 0.1) is 24.7 Å². The number of ether oxygens (including phenoxy) is 1. The number of nitrogens with zero attached hydrogens (tertiary/aromatic N) is 1. The predicted molar refractivity (Wildman–Crippen MR) is 155 cm³/mol. The fourth-order valence-electron chi connectivity index (χ4n) is 4.60. The Labute approximate surface area is 248 Å². The van der Waals surface area contributed by atoms with Gasteiger partial charge in [-0.15, -0.1) is 0 Å². The molecule has 1 aliphatic rings. The summed E-state index contributed by atoms with van der Waals surface area (Å²) in [6.45, 7) is 2.66. The SMILES string of the molecule is CCSCCC(O)[N+](=O)C(=O)C1CC(O)C(NC(C)=O)C(C(O)C(O)CNC(=O)c2ccc(-c3ccccc3)cc2)O1. The summed E-state index contributed by atoms with van der Waals surface area (Å²) in [6.07, 6.45) is -9.94. The third-order valence-electron chi connectivity index (χ3n) is 6.86. The van der Waals surface area contributed by atoms with E-state index in [1.807, 2.05) is 37.3 Å². The van der Waals surface area contributed by atoms with Crippen LogP contribution in [0.5, 0.6) is 0 Å². The van der Waals surface area contributed by atoms with Crippen molar-refractivity contribution in [2.24, 2.45) is 0 Å². The fourth-order valence-corrected chi connectivity index (χ4v) is 5.27. The van der Waals surface area contributed by atoms with Crippen molar-refractivity contribution in [2.45, 2.75) is 69.5 Å². The molecule has 0 saturated carbocycles. The van der Waals surface area contributed by atoms with Gasteiger partial charge >= 0.3 is 12.1 Å². The monoisotopic (exact) mass is 604 g/mol. The third kappa shape index (κ3) is 8.90. The lowest BCUT2D eigenvalue weighted by atomic mass is 9.89. The molecule has 0 bridgehead atoms. The molecular formula is C29H38N3O9S+. The highest BCUT2D eigenvalue weighted by molar-refractivity contribution is 7.99. The van der Waals surface area contributed by atoms with Crippen LogP contribution in [-0.4, -0.2) is 104 Å². The molecule has 6 N–H and O–H groups in total. The quantitative estimate of drug-likeness (QED) is 0.107. The zero-order chi connectivity index (χ0) is 30.8. The van der Waals surface area contributed by atoms with E-state index in [4.69, 9.17) is 4.74 Å². The number of rotatable bonds is 13. The van der Waals surface area contributed by atoms with Crippen molar-refractivity contribution < 1.29 is 44.3 Å². The molecule has 12 nitrogen and oxygen atoms in total. The lowest BCUT2D eigenvalue weighted by molar-refractivity contribution is -0.559. The van der Waals surface area contributed by atoms with Crippen LogP contribution in [0, 0.1) is 4.91 Å². The van der Waals surface area contributed by atoms with Crippen molar-refractivity contribution in [1.29, 1.82) is 0 Å². The average Bonchev–Trinajstić information content (AvgIpc) is 2.99. The zero-order valence-corrected chi connectivity index (χ0v) is 24.3. The fraction of sp³-hybridized carbons (Fsp3) is 0.483. The molecule has 42 heavy (non-hydrogen) atoms. The minimum Gasteiger partial charge on any atom is -0.391 e. The summed E-state index contributed by atoms with van der Waals surface area (Å²) in [6, 6.07) is 15.1. The Bertz CT molecular complexity index is 1210. The van der Waals surface area contributed by atoms with Gasteiger partial charge in [0, 0.05) is 36.1 Å². The molecule has 3 rings (SSSR count). The van der Waals surface area contributed by atoms with E-state index in [1.165, 1.54) is 18.7 Å². The molecular weight excluding hydrogens is 566 g/mol. The van der Waals surface area contributed by atoms with Crippen molar-refractivity contribution in [2.75, 3.05) is 18.1 Å². The predicted octanol–water partition coefficient (Wildman–Crippen LogP) is 0.595. The van der Waals surface area contributed by atoms with Crippen molar-refractivity contribution in [3.63, 3.8) is 0 Å². The van der Waals surface area contributed by atoms with Gasteiger partial charge in [0.1, 0.15) is 17.0 Å². The number of nitrogens with one attached hydrogen (secondary N) is 2. The molecule has 3 amide bonds. The maximum atomic E-state index is 12.8. The maximum Gasteiger partial charge on any atom is 0.464 e. The van der Waals surface area contributed by atoms with E-state index in [0.717, 1.165) is 16.9 Å². The molecule has 228 valence electrons. The Morgan fingerprint density at radius 3 is 2.31 bits per heavy atom. The van der Waals surface area contributed by atoms with Gasteiger partial charge in [0.25, 0.3) is 5.91 Å². The molecule has 0 aromatic heterocycles. The third-order valence-corrected chi connectivity index (χ3v) is 7.79. The van der Waals surface area contributed by atoms with E-state index >= 15 is 0 Å². The number of thioether (sulfide) groups is 1. The van der Waals surface area contributed by atoms with Crippen LogP contribution >= 0.6 is 11.8 Å². The summed E-state index contributed by atoms with van der Waals surface area (Å²) < 4.78 is 5.52. The normalized spacial score (nSPS) is 22.4. The standard InChI is InChI=1S/C29H37N3O9S/c1-3-42-14-13-24(36)32(40)29(39)23-15-21(34)25(31-17(2)33)27(41-23)26(37)22(35)16-30-28(38)20-11-9-19(10-12-20)18-7-5-4-6-8-18/h4-12,21-27,34-37H,3,13-16H2,1-2H3,(H-,30,31,33,38)/p+1. The number of amides is 3. The molecule has 2 aromatic carbocycles. The topological polar surface area (TPSA) is 186 Å². The molecule has 0 radical (unpaired) electrons. The van der Waals surface area contributed by atoms with Crippen LogP contribution in [0.1, 0.15) is 37.0 Å². The molecule has 2 aromatic rings. The average molecular weight is 605 g/mol. The van der Waals surface area contributed by atoms with E-state index < -0.39 is 73.5 Å². The summed E-state index contributed by atoms with van der Waals surface area (Å²) >= 11 is 1.48. The summed E-state index contributed by atoms with van der Waals surface area (Å²) in [7, 11) is 0. The molecule has 1 aliphatic heterocycles. The maximum absolute atomic E-state index is 12.8. The number of hydrogen-bond acceptors (Lipinski definition) is 10. The Morgan fingerprint density at radius 2 is 1.69 bits per heavy atom. The van der Waals surface area contributed by atoms with E-state index in [1.54, 1.807) is 24.3 Å². The minimum absolute atomic E-state index is 0.0248. The van der Waals surface area contributed by atoms with Crippen LogP contribution < -0.4 is 10.6 Å². The Balaban J connectivity index is 1.65. The largest absolute Gasteiger partial charge is 0.464 e. The van der Waals surface area contributed by atoms with Gasteiger partial charge in [-0.3, -0.25) is 9.59 Å². The van der Waals surface area contributed by atoms with Crippen molar-refractivity contribution in [1.82, 2.24) is 10.6 Å². The summed E-state index contributed by atoms with van der Waals surface area (Å²) in [5, 5.41) is 47.4. The smallest absolute Gasteiger partial charge is 0.391 e. The number of carbonyl (C=O) groups is 3. The molecule has 1 fully saturated rings. The van der Waals surface area contributed by atoms with Crippen molar-refractivity contribution in [3.8, 4) is 11.1 Å². The Kier molecular flexibility index (Phi) is 12.6. The molecule has 7 unspecified atom stereocenters. The second-order valence-corrected chi connectivity index (χ2v) is 11.4. The highest BCUT2D eigenvalue weighted by atomic mass is 32.2. The second kappa shape index (κ2) is 15.9. The first-order chi connectivity index (χ1) is 20.0. The van der Waals surface area contributed by atoms with Crippen LogP contribution in [0.2, 0.25) is 0 Å². The number of nitroso groups, excluding NO2 is 1. The van der Waals surface area contributed by atoms with Gasteiger partial charge < -0.3 is 35.8 Å². The number of aliphatic hydroxyl groups excluding tert-OH is 4. The Hall–Kier alpha value is -3.20. The first-order valence-corrected chi connectivity index (χ1v) is 14.8. The van der Waals surface area contributed by atoms with Crippen LogP contribution in [-0.2, 0) is 14.3 Å². The second-order valence-electron chi connectivity index (χ2n) is 9.96. The van der Waals surface area contributed by atoms with E-state index in [-0.39, 0.29) is 11.2 Å². The van der Waals surface area contributed by atoms with Crippen LogP contribution in [0.25, 0.3) is 11.1 Å². The molecule has 7 atom stereocenters. The highest BCUT2D eigenvalue weighted by Crippen LogP contribution is 2.26. The minimum atomic E-state index is -1.79. The highest BCUT2D eigenvalue weighted by Gasteiger charge is 2.50. The lowest BCUT2D eigenvalue weighted by Gasteiger charge is -2.41. The molecule has 13 heteroatoms. The van der Waals surface area contributed by atoms with Crippen LogP contribution in [0.4, 0.5) is 0 Å². The van der Waals surface area contributed by atoms with E-state index in [9.17, 15) is 39.7 Å². The molecule has 0 aliphatic carbocycles. The zero-order valence-electron chi connectivity index (χ0n) is 23.5. The number of carbonyl (C=O) groups excluding carboxylic acids is 3. The first-order valence-electron chi connectivity index (χ1n) is 13.7. The number of hydrogen-bond donors (Lipinski definition) is 6. The molecule has 0 spiro atoms. The van der Waals surface area contributed by atoms with Gasteiger partial charge in [0.2, 0.25) is 5.91 Å². The van der Waals surface area contributed by atoms with Gasteiger partial charge in [-0.2, -0.15) is 11.8 Å². The first kappa shape index (κ1) is 33.3. The van der Waals surface area contributed by atoms with Crippen LogP contribution in [0.15, 0.2) is 54.6 Å². The summed E-state index contributed by atoms with van der Waals surface area (Å²) in [5.41, 5.74) is 2.20. The summed E-state index contributed by atoms with van der Waals surface area (Å²) in [4.78, 5) is 49.7. The van der Waals surface area contributed by atoms with Crippen molar-refractivity contribution >= 4 is 29.5 Å². The number of aliphatic hydroxyl groups is 4. The van der Waals surface area contributed by atoms with Gasteiger partial charge in [-0.05, 0) is 29.0 Å². The van der Waals surface area contributed by atoms with E-state index in [0.29, 0.717) is 11.3 Å². The Morgan fingerprint density at radius 1 is 1.05 bits per heavy atom. The van der Waals surface area contributed by atoms with Gasteiger partial charge in [0.15, 0.2) is 6.10 Å². The van der Waals surface area contributed by atoms with Gasteiger partial charge in [-0.25, -0.2) is 4.79 Å². The van der Waals surface area contributed by atoms with Crippen molar-refractivity contribution in [3.05, 3.63) is 65.1 Å². The van der Waals surface area contributed by atoms with Crippen LogP contribution in [0.3, 0.4) is 0 Å². The number of benzene rings is 2.